The number of unbranched alkanes of at least 4 members (excludes halogenated alkanes) is 1. The molecule has 1 aliphatic rings. The van der Waals surface area contributed by atoms with Crippen LogP contribution in [0.4, 0.5) is 5.69 Å². The third-order valence-electron chi connectivity index (χ3n) is 4.51. The van der Waals surface area contributed by atoms with E-state index in [0.29, 0.717) is 27.5 Å². The van der Waals surface area contributed by atoms with Crippen molar-refractivity contribution in [1.29, 1.82) is 0 Å². The summed E-state index contributed by atoms with van der Waals surface area (Å²) in [4.78, 5) is 15.2. The van der Waals surface area contributed by atoms with E-state index in [2.05, 4.69) is 4.98 Å². The van der Waals surface area contributed by atoms with Gasteiger partial charge in [0.15, 0.2) is 0 Å². The summed E-state index contributed by atoms with van der Waals surface area (Å²) in [5.74, 6) is 0.504. The van der Waals surface area contributed by atoms with Crippen molar-refractivity contribution in [3.8, 4) is 5.75 Å². The highest BCUT2D eigenvalue weighted by Gasteiger charge is 2.19. The zero-order valence-electron chi connectivity index (χ0n) is 23.9. The standard InChI is InChI=1S/C23H25Cl2N3O2/c24-19-4-3-5-21(23(19)25)28-13-11-27(12-14-28)10-1-2-15-30-18-8-6-17-7-9-22(29)26-20(17)16-18/h3-9,16H,1-2,10-15H2,(H,26,29)/i11D2,12D2,13D2,14D2. The molecule has 1 fully saturated rings. The highest BCUT2D eigenvalue weighted by atomic mass is 35.5. The van der Waals surface area contributed by atoms with Crippen molar-refractivity contribution in [1.82, 2.24) is 9.88 Å². The topological polar surface area (TPSA) is 48.6 Å². The molecular formula is C23H25Cl2N3O2. The van der Waals surface area contributed by atoms with Crippen molar-refractivity contribution >= 4 is 39.8 Å². The van der Waals surface area contributed by atoms with Crippen LogP contribution in [-0.2, 0) is 0 Å². The number of benzene rings is 2. The van der Waals surface area contributed by atoms with Gasteiger partial charge in [0.2, 0.25) is 5.56 Å². The van der Waals surface area contributed by atoms with E-state index in [9.17, 15) is 4.79 Å². The number of aromatic nitrogens is 1. The first kappa shape index (κ1) is 13.3. The molecule has 0 bridgehead atoms. The van der Waals surface area contributed by atoms with E-state index in [0.717, 1.165) is 5.39 Å². The number of fused-ring (bicyclic) bond motifs is 1. The Hall–Kier alpha value is -2.21. The van der Waals surface area contributed by atoms with Gasteiger partial charge >= 0.3 is 0 Å². The Bertz CT molecular complexity index is 1370. The van der Waals surface area contributed by atoms with Gasteiger partial charge in [0.05, 0.1) is 33.3 Å². The van der Waals surface area contributed by atoms with Crippen LogP contribution in [0.15, 0.2) is 53.3 Å². The molecule has 30 heavy (non-hydrogen) atoms. The second-order valence-electron chi connectivity index (χ2n) is 6.63. The summed E-state index contributed by atoms with van der Waals surface area (Å²) in [5.41, 5.74) is 0.112. The van der Waals surface area contributed by atoms with E-state index in [1.807, 2.05) is 0 Å². The van der Waals surface area contributed by atoms with Crippen LogP contribution in [0.1, 0.15) is 23.8 Å². The summed E-state index contributed by atoms with van der Waals surface area (Å²) in [6, 6.07) is 12.4. The van der Waals surface area contributed by atoms with Gasteiger partial charge in [0.1, 0.15) is 5.75 Å². The van der Waals surface area contributed by atoms with Crippen LogP contribution in [0.2, 0.25) is 10.0 Å². The fraction of sp³-hybridized carbons (Fsp3) is 0.348. The molecule has 0 aliphatic carbocycles. The van der Waals surface area contributed by atoms with E-state index in [1.165, 1.54) is 24.3 Å². The molecule has 158 valence electrons. The zero-order chi connectivity index (χ0) is 28.1. The smallest absolute Gasteiger partial charge is 0.248 e. The van der Waals surface area contributed by atoms with Crippen LogP contribution >= 0.6 is 23.2 Å². The van der Waals surface area contributed by atoms with Gasteiger partial charge in [-0.2, -0.15) is 0 Å². The lowest BCUT2D eigenvalue weighted by molar-refractivity contribution is 0.238. The number of nitrogens with one attached hydrogen (secondary N) is 1. The molecule has 1 N–H and O–H groups in total. The first-order valence-electron chi connectivity index (χ1n) is 13.4. The van der Waals surface area contributed by atoms with Crippen LogP contribution in [0.3, 0.4) is 0 Å². The molecule has 3 aromatic rings. The largest absolute Gasteiger partial charge is 0.494 e. The molecule has 7 heteroatoms. The number of H-pyrrole nitrogens is 1. The van der Waals surface area contributed by atoms with Gasteiger partial charge in [0.25, 0.3) is 0 Å². The van der Waals surface area contributed by atoms with Crippen LogP contribution < -0.4 is 15.2 Å². The summed E-state index contributed by atoms with van der Waals surface area (Å²) in [6.07, 6.45) is 0.537. The minimum absolute atomic E-state index is 0.00269. The van der Waals surface area contributed by atoms with Gasteiger partial charge in [-0.3, -0.25) is 9.69 Å². The molecule has 5 nitrogen and oxygen atoms in total. The van der Waals surface area contributed by atoms with Gasteiger partial charge < -0.3 is 14.6 Å². The molecule has 2 heterocycles. The van der Waals surface area contributed by atoms with Crippen LogP contribution in [0.25, 0.3) is 10.9 Å². The maximum atomic E-state index is 11.5. The fourth-order valence-corrected chi connectivity index (χ4v) is 3.33. The minimum atomic E-state index is -3.03. The van der Waals surface area contributed by atoms with Gasteiger partial charge in [-0.15, -0.1) is 0 Å². The SMILES string of the molecule is [2H]C1([2H])N(CCCCOc2ccc3ccc(=O)[nH]c3c2)C([2H])([2H])C([2H])([2H])N(c2cccc(Cl)c2Cl)C1([2H])[2H]. The first-order valence-corrected chi connectivity index (χ1v) is 10.2. The second kappa shape index (κ2) is 9.73. The third kappa shape index (κ3) is 5.09. The average Bonchev–Trinajstić information content (AvgIpc) is 2.82. The molecule has 0 unspecified atom stereocenters. The number of pyridine rings is 1. The third-order valence-corrected chi connectivity index (χ3v) is 5.32. The molecule has 0 saturated carbocycles. The maximum Gasteiger partial charge on any atom is 0.248 e. The van der Waals surface area contributed by atoms with Gasteiger partial charge in [-0.05, 0) is 55.1 Å². The monoisotopic (exact) mass is 453 g/mol. The van der Waals surface area contributed by atoms with Crippen molar-refractivity contribution in [2.24, 2.45) is 0 Å². The molecule has 1 aromatic heterocycles. The Labute approximate surface area is 197 Å². The van der Waals surface area contributed by atoms with E-state index >= 15 is 0 Å². The van der Waals surface area contributed by atoms with Crippen molar-refractivity contribution in [3.63, 3.8) is 0 Å². The van der Waals surface area contributed by atoms with Crippen molar-refractivity contribution in [2.45, 2.75) is 12.8 Å². The molecule has 0 spiro atoms. The Balaban J connectivity index is 1.50. The number of halogens is 2. The number of hydrogen-bond donors (Lipinski definition) is 1. The zero-order valence-corrected chi connectivity index (χ0v) is 17.4. The van der Waals surface area contributed by atoms with Crippen LogP contribution in [0.5, 0.6) is 5.75 Å². The number of hydrogen-bond acceptors (Lipinski definition) is 4. The van der Waals surface area contributed by atoms with Crippen molar-refractivity contribution in [3.05, 3.63) is 68.9 Å². The van der Waals surface area contributed by atoms with Gasteiger partial charge in [-0.25, -0.2) is 0 Å². The normalized spacial score (nSPS) is 25.6. The minimum Gasteiger partial charge on any atom is -0.494 e. The Morgan fingerprint density at radius 2 is 1.83 bits per heavy atom. The maximum absolute atomic E-state index is 11.5. The average molecular weight is 454 g/mol. The van der Waals surface area contributed by atoms with E-state index in [4.69, 9.17) is 38.9 Å². The molecular weight excluding hydrogens is 421 g/mol. The van der Waals surface area contributed by atoms with E-state index in [1.54, 1.807) is 24.3 Å². The summed E-state index contributed by atoms with van der Waals surface area (Å²) in [6.45, 7) is -12.1. The molecule has 2 aromatic carbocycles. The second-order valence-corrected chi connectivity index (χ2v) is 7.42. The number of ether oxygens (including phenoxy) is 1. The molecule has 0 amide bonds. The lowest BCUT2D eigenvalue weighted by atomic mass is 10.2. The fourth-order valence-electron chi connectivity index (χ4n) is 2.95. The highest BCUT2D eigenvalue weighted by Crippen LogP contribution is 2.32. The summed E-state index contributed by atoms with van der Waals surface area (Å²) >= 11 is 12.3. The number of aromatic amines is 1. The summed E-state index contributed by atoms with van der Waals surface area (Å²) in [7, 11) is 0. The van der Waals surface area contributed by atoms with Crippen molar-refractivity contribution < 1.29 is 15.7 Å². The van der Waals surface area contributed by atoms with Crippen molar-refractivity contribution in [2.75, 3.05) is 44.0 Å². The summed E-state index contributed by atoms with van der Waals surface area (Å²) < 4.78 is 74.3. The molecule has 4 rings (SSSR count). The highest BCUT2D eigenvalue weighted by molar-refractivity contribution is 6.43. The van der Waals surface area contributed by atoms with E-state index in [-0.39, 0.29) is 40.9 Å². The van der Waals surface area contributed by atoms with Crippen LogP contribution in [0, 0.1) is 0 Å². The molecule has 1 saturated heterocycles. The van der Waals surface area contributed by atoms with Gasteiger partial charge in [0, 0.05) is 43.6 Å². The predicted octanol–water partition coefficient (Wildman–Crippen LogP) is 4.82. The number of nitrogens with zero attached hydrogens (tertiary/aromatic N) is 2. The molecule has 0 radical (unpaired) electrons. The quantitative estimate of drug-likeness (QED) is 0.521. The molecule has 1 aliphatic heterocycles. The Kier molecular flexibility index (Phi) is 4.30. The lowest BCUT2D eigenvalue weighted by Crippen LogP contribution is -2.46. The van der Waals surface area contributed by atoms with Crippen LogP contribution in [-0.4, -0.2) is 49.0 Å². The van der Waals surface area contributed by atoms with E-state index < -0.39 is 26.0 Å². The van der Waals surface area contributed by atoms with Gasteiger partial charge in [-0.1, -0.05) is 29.3 Å². The number of piperazine rings is 1. The number of anilines is 1. The first-order chi connectivity index (χ1) is 17.6. The lowest BCUT2D eigenvalue weighted by Gasteiger charge is -2.36. The Morgan fingerprint density at radius 3 is 2.67 bits per heavy atom. The summed E-state index contributed by atoms with van der Waals surface area (Å²) in [5, 5.41) is 0.622. The number of rotatable bonds is 7. The Morgan fingerprint density at radius 1 is 1.03 bits per heavy atom. The predicted molar refractivity (Wildman–Crippen MR) is 124 cm³/mol. The molecule has 0 atom stereocenters.